The van der Waals surface area contributed by atoms with Crippen LogP contribution in [0.25, 0.3) is 34.2 Å². The van der Waals surface area contributed by atoms with Crippen molar-refractivity contribution in [1.82, 2.24) is 61.0 Å². The molecule has 0 aliphatic rings. The lowest BCUT2D eigenvalue weighted by atomic mass is 10.2. The molecule has 17 heteroatoms. The average molecular weight is 668 g/mol. The minimum absolute atomic E-state index is 0.0131. The Morgan fingerprint density at radius 1 is 0.660 bits per heavy atom. The Morgan fingerprint density at radius 2 is 1.15 bits per heavy atom. The molecule has 47 heavy (non-hydrogen) atoms. The van der Waals surface area contributed by atoms with Crippen molar-refractivity contribution in [2.75, 3.05) is 0 Å². The third-order valence-corrected chi connectivity index (χ3v) is 7.05. The van der Waals surface area contributed by atoms with Gasteiger partial charge in [-0.25, -0.2) is 8.42 Å². The van der Waals surface area contributed by atoms with E-state index in [0.29, 0.717) is 28.6 Å². The van der Waals surface area contributed by atoms with Crippen LogP contribution in [0.4, 0.5) is 0 Å². The van der Waals surface area contributed by atoms with Gasteiger partial charge in [-0.2, -0.15) is 20.1 Å². The van der Waals surface area contributed by atoms with Crippen molar-refractivity contribution >= 4 is 19.7 Å². The summed E-state index contributed by atoms with van der Waals surface area (Å²) >= 11 is 0. The van der Waals surface area contributed by atoms with Gasteiger partial charge in [-0.3, -0.25) is 0 Å². The maximum atomic E-state index is 11.1. The van der Waals surface area contributed by atoms with E-state index in [1.54, 1.807) is 38.4 Å². The standard InChI is InChI=1S/C8H7ClN4O2S.C8H8N4.C7H6N4.C7H5N/c1-13-11-8(10-12-13)6-3-2-4-7(5-6)16(9,14)15;1-12-10-8(9-11-12)7-5-3-2-4-6-7;1-2-4-6(5-3-1)7-8-10-11-9-7;8-6-7-4-2-1-3-5-7/h2-5H,1H3;2-6H,1H3;1-5H,(H,8,9,10,11);1-5H. The topological polar surface area (TPSA) is 200 Å². The summed E-state index contributed by atoms with van der Waals surface area (Å²) in [6.45, 7) is 0. The Hall–Kier alpha value is -6.18. The molecule has 0 saturated carbocycles. The normalized spacial score (nSPS) is 10.2. The maximum Gasteiger partial charge on any atom is 0.261 e. The summed E-state index contributed by atoms with van der Waals surface area (Å²) in [7, 11) is 4.87. The highest BCUT2D eigenvalue weighted by Gasteiger charge is 2.12. The number of benzene rings is 4. The minimum Gasteiger partial charge on any atom is -0.207 e. The van der Waals surface area contributed by atoms with Gasteiger partial charge in [0.25, 0.3) is 9.05 Å². The number of nitrogens with one attached hydrogen (secondary N) is 1. The summed E-state index contributed by atoms with van der Waals surface area (Å²) in [4.78, 5) is 2.75. The van der Waals surface area contributed by atoms with Crippen molar-refractivity contribution in [3.05, 3.63) is 121 Å². The van der Waals surface area contributed by atoms with Crippen molar-refractivity contribution in [2.45, 2.75) is 4.90 Å². The number of hydrogen-bond acceptors (Lipinski definition) is 12. The number of aromatic amines is 1. The first-order valence-corrected chi connectivity index (χ1v) is 15.9. The number of hydrogen-bond donors (Lipinski definition) is 1. The zero-order chi connectivity index (χ0) is 33.5. The summed E-state index contributed by atoms with van der Waals surface area (Å²) in [5.41, 5.74) is 3.23. The van der Waals surface area contributed by atoms with Gasteiger partial charge in [0.15, 0.2) is 0 Å². The van der Waals surface area contributed by atoms with Crippen LogP contribution in [0.1, 0.15) is 5.56 Å². The van der Waals surface area contributed by atoms with Gasteiger partial charge in [-0.05, 0) is 39.9 Å². The van der Waals surface area contributed by atoms with Gasteiger partial charge in [-0.1, -0.05) is 91.0 Å². The van der Waals surface area contributed by atoms with Crippen LogP contribution >= 0.6 is 10.7 Å². The molecule has 1 N–H and O–H groups in total. The van der Waals surface area contributed by atoms with E-state index in [1.807, 2.05) is 84.9 Å². The summed E-state index contributed by atoms with van der Waals surface area (Å²) in [5.74, 6) is 1.65. The highest BCUT2D eigenvalue weighted by molar-refractivity contribution is 8.13. The Bertz CT molecular complexity index is 2100. The van der Waals surface area contributed by atoms with Gasteiger partial charge >= 0.3 is 0 Å². The molecule has 0 fully saturated rings. The van der Waals surface area contributed by atoms with E-state index >= 15 is 0 Å². The third-order valence-electron chi connectivity index (χ3n) is 5.70. The second-order valence-corrected chi connectivity index (χ2v) is 11.7. The second kappa shape index (κ2) is 16.8. The summed E-state index contributed by atoms with van der Waals surface area (Å²) in [6.07, 6.45) is 0. The molecule has 15 nitrogen and oxygen atoms in total. The number of aryl methyl sites for hydroxylation is 2. The van der Waals surface area contributed by atoms with E-state index in [0.717, 1.165) is 11.1 Å². The zero-order valence-electron chi connectivity index (χ0n) is 24.9. The molecule has 4 aromatic carbocycles. The summed E-state index contributed by atoms with van der Waals surface area (Å²) in [6, 6.07) is 36.7. The fourth-order valence-electron chi connectivity index (χ4n) is 3.56. The molecule has 236 valence electrons. The van der Waals surface area contributed by atoms with Gasteiger partial charge in [-0.15, -0.1) is 30.6 Å². The molecule has 3 heterocycles. The van der Waals surface area contributed by atoms with Crippen molar-refractivity contribution in [2.24, 2.45) is 14.1 Å². The predicted octanol–water partition coefficient (Wildman–Crippen LogP) is 4.11. The van der Waals surface area contributed by atoms with E-state index in [4.69, 9.17) is 15.9 Å². The Kier molecular flexibility index (Phi) is 12.0. The highest BCUT2D eigenvalue weighted by Crippen LogP contribution is 2.21. The lowest BCUT2D eigenvalue weighted by molar-refractivity contribution is 0.609. The molecule has 0 atom stereocenters. The molecular weight excluding hydrogens is 642 g/mol. The number of halogens is 1. The van der Waals surface area contributed by atoms with Gasteiger partial charge in [0, 0.05) is 27.4 Å². The Balaban J connectivity index is 0.000000146. The van der Waals surface area contributed by atoms with Gasteiger partial charge in [0.2, 0.25) is 17.5 Å². The SMILES string of the molecule is Cn1nnc(-c2cccc(S(=O)(=O)Cl)c2)n1.Cn1nnc(-c2ccccc2)n1.N#Cc1ccccc1.c1ccc(-c2nn[nH]n2)cc1. The number of aromatic nitrogens is 12. The van der Waals surface area contributed by atoms with Crippen LogP contribution in [-0.4, -0.2) is 69.5 Å². The van der Waals surface area contributed by atoms with E-state index in [1.165, 1.54) is 21.7 Å². The van der Waals surface area contributed by atoms with Crippen molar-refractivity contribution in [1.29, 1.82) is 5.26 Å². The highest BCUT2D eigenvalue weighted by atomic mass is 35.7. The largest absolute Gasteiger partial charge is 0.261 e. The van der Waals surface area contributed by atoms with Crippen LogP contribution in [-0.2, 0) is 23.1 Å². The molecule has 0 amide bonds. The van der Waals surface area contributed by atoms with Crippen LogP contribution in [0.2, 0.25) is 0 Å². The summed E-state index contributed by atoms with van der Waals surface area (Å²) < 4.78 is 22.3. The van der Waals surface area contributed by atoms with E-state index < -0.39 is 9.05 Å². The van der Waals surface area contributed by atoms with Gasteiger partial charge in [0.05, 0.1) is 30.6 Å². The van der Waals surface area contributed by atoms with Crippen LogP contribution < -0.4 is 0 Å². The molecule has 7 aromatic rings. The fraction of sp³-hybridized carbons (Fsp3) is 0.0667. The first kappa shape index (κ1) is 33.7. The molecule has 0 spiro atoms. The number of H-pyrrole nitrogens is 1. The lowest BCUT2D eigenvalue weighted by Crippen LogP contribution is -1.93. The van der Waals surface area contributed by atoms with Crippen LogP contribution in [0, 0.1) is 11.3 Å². The molecule has 3 aromatic heterocycles. The monoisotopic (exact) mass is 667 g/mol. The second-order valence-electron chi connectivity index (χ2n) is 9.12. The molecule has 0 bridgehead atoms. The van der Waals surface area contributed by atoms with Crippen molar-refractivity contribution in [3.63, 3.8) is 0 Å². The number of tetrazole rings is 3. The molecule has 0 saturated heterocycles. The zero-order valence-corrected chi connectivity index (χ0v) is 26.5. The predicted molar refractivity (Wildman–Crippen MR) is 172 cm³/mol. The average Bonchev–Trinajstić information content (AvgIpc) is 3.90. The Labute approximate surface area is 273 Å². The van der Waals surface area contributed by atoms with Crippen LogP contribution in [0.15, 0.2) is 120 Å². The van der Waals surface area contributed by atoms with Crippen molar-refractivity contribution in [3.8, 4) is 40.2 Å². The van der Waals surface area contributed by atoms with Crippen molar-refractivity contribution < 1.29 is 8.42 Å². The molecule has 0 unspecified atom stereocenters. The third kappa shape index (κ3) is 10.7. The quantitative estimate of drug-likeness (QED) is 0.264. The molecule has 0 radical (unpaired) electrons. The number of rotatable bonds is 4. The number of nitrogens with zero attached hydrogens (tertiary/aromatic N) is 12. The Morgan fingerprint density at radius 3 is 1.57 bits per heavy atom. The maximum absolute atomic E-state index is 11.1. The van der Waals surface area contributed by atoms with E-state index in [-0.39, 0.29) is 4.90 Å². The summed E-state index contributed by atoms with van der Waals surface area (Å²) in [5, 5.41) is 44.9. The molecular formula is C30H26ClN13O2S. The van der Waals surface area contributed by atoms with E-state index in [2.05, 4.69) is 51.4 Å². The molecule has 0 aliphatic heterocycles. The van der Waals surface area contributed by atoms with Crippen LogP contribution in [0.3, 0.4) is 0 Å². The molecule has 0 aliphatic carbocycles. The molecule has 7 rings (SSSR count). The smallest absolute Gasteiger partial charge is 0.207 e. The first-order chi connectivity index (χ1) is 22.7. The number of nitriles is 1. The first-order valence-electron chi connectivity index (χ1n) is 13.6. The van der Waals surface area contributed by atoms with Crippen LogP contribution in [0.5, 0.6) is 0 Å². The van der Waals surface area contributed by atoms with E-state index in [9.17, 15) is 8.42 Å². The lowest BCUT2D eigenvalue weighted by Gasteiger charge is -1.98. The van der Waals surface area contributed by atoms with Gasteiger partial charge in [0.1, 0.15) is 0 Å². The van der Waals surface area contributed by atoms with Gasteiger partial charge < -0.3 is 0 Å². The fourth-order valence-corrected chi connectivity index (χ4v) is 4.35. The minimum atomic E-state index is -3.74.